The minimum atomic E-state index is -0.0764. The van der Waals surface area contributed by atoms with Crippen molar-refractivity contribution in [2.45, 2.75) is 20.8 Å². The van der Waals surface area contributed by atoms with Crippen molar-refractivity contribution in [3.63, 3.8) is 0 Å². The molecule has 0 aromatic heterocycles. The molecule has 1 aromatic rings. The van der Waals surface area contributed by atoms with Crippen LogP contribution in [0.15, 0.2) is 24.3 Å². The average molecular weight is 168 g/mol. The van der Waals surface area contributed by atoms with Crippen LogP contribution in [0.25, 0.3) is 0 Å². The van der Waals surface area contributed by atoms with E-state index in [-0.39, 0.29) is 11.5 Å². The lowest BCUT2D eigenvalue weighted by Crippen LogP contribution is -1.66. The molecule has 0 aliphatic heterocycles. The molecular formula is C10H16O2. The molecule has 68 valence electrons. The van der Waals surface area contributed by atoms with Crippen molar-refractivity contribution < 1.29 is 10.2 Å². The van der Waals surface area contributed by atoms with Crippen LogP contribution in [0, 0.1) is 5.92 Å². The number of rotatable bonds is 0. The van der Waals surface area contributed by atoms with Crippen LogP contribution in [0.4, 0.5) is 0 Å². The third kappa shape index (κ3) is 5.59. The van der Waals surface area contributed by atoms with Gasteiger partial charge in [0.15, 0.2) is 11.5 Å². The van der Waals surface area contributed by atoms with E-state index in [2.05, 4.69) is 20.8 Å². The molecule has 2 nitrogen and oxygen atoms in total. The van der Waals surface area contributed by atoms with E-state index >= 15 is 0 Å². The number of aromatic hydroxyl groups is 2. The summed E-state index contributed by atoms with van der Waals surface area (Å²) in [6, 6.07) is 6.15. The van der Waals surface area contributed by atoms with Crippen molar-refractivity contribution in [1.82, 2.24) is 0 Å². The highest BCUT2D eigenvalue weighted by molar-refractivity contribution is 5.36. The Morgan fingerprint density at radius 3 is 1.33 bits per heavy atom. The van der Waals surface area contributed by atoms with Crippen LogP contribution in [0.2, 0.25) is 0 Å². The zero-order chi connectivity index (χ0) is 9.56. The molecule has 0 unspecified atom stereocenters. The predicted octanol–water partition coefficient (Wildman–Crippen LogP) is 2.76. The molecule has 0 spiro atoms. The molecule has 0 amide bonds. The third-order valence-corrected chi connectivity index (χ3v) is 0.882. The minimum Gasteiger partial charge on any atom is -0.504 e. The van der Waals surface area contributed by atoms with Crippen molar-refractivity contribution in [3.8, 4) is 11.5 Å². The highest BCUT2D eigenvalue weighted by Gasteiger charge is 1.90. The van der Waals surface area contributed by atoms with Gasteiger partial charge in [-0.25, -0.2) is 0 Å². The van der Waals surface area contributed by atoms with E-state index in [1.807, 2.05) is 0 Å². The van der Waals surface area contributed by atoms with Crippen LogP contribution in [0.1, 0.15) is 20.8 Å². The van der Waals surface area contributed by atoms with Gasteiger partial charge in [-0.15, -0.1) is 0 Å². The van der Waals surface area contributed by atoms with Crippen LogP contribution < -0.4 is 0 Å². The van der Waals surface area contributed by atoms with E-state index in [4.69, 9.17) is 10.2 Å². The van der Waals surface area contributed by atoms with Gasteiger partial charge in [0.1, 0.15) is 0 Å². The molecule has 0 radical (unpaired) electrons. The highest BCUT2D eigenvalue weighted by Crippen LogP contribution is 2.21. The Kier molecular flexibility index (Phi) is 4.93. The van der Waals surface area contributed by atoms with Gasteiger partial charge in [0.05, 0.1) is 0 Å². The number of para-hydroxylation sites is 2. The van der Waals surface area contributed by atoms with Crippen LogP contribution in [0.3, 0.4) is 0 Å². The Labute approximate surface area is 73.5 Å². The van der Waals surface area contributed by atoms with Gasteiger partial charge in [-0.1, -0.05) is 32.9 Å². The summed E-state index contributed by atoms with van der Waals surface area (Å²) in [5.41, 5.74) is 0. The second kappa shape index (κ2) is 5.47. The summed E-state index contributed by atoms with van der Waals surface area (Å²) in [5, 5.41) is 17.3. The van der Waals surface area contributed by atoms with Gasteiger partial charge in [0.2, 0.25) is 0 Å². The molecule has 0 saturated heterocycles. The van der Waals surface area contributed by atoms with Gasteiger partial charge in [0, 0.05) is 0 Å². The Hall–Kier alpha value is -1.18. The Morgan fingerprint density at radius 2 is 1.17 bits per heavy atom. The molecule has 0 aliphatic carbocycles. The molecule has 2 N–H and O–H groups in total. The van der Waals surface area contributed by atoms with Crippen molar-refractivity contribution in [2.24, 2.45) is 5.92 Å². The first-order valence-electron chi connectivity index (χ1n) is 4.01. The number of benzene rings is 1. The quantitative estimate of drug-likeness (QED) is 0.585. The van der Waals surface area contributed by atoms with Crippen LogP contribution in [-0.2, 0) is 0 Å². The van der Waals surface area contributed by atoms with Crippen molar-refractivity contribution >= 4 is 0 Å². The summed E-state index contributed by atoms with van der Waals surface area (Å²) >= 11 is 0. The van der Waals surface area contributed by atoms with Crippen LogP contribution >= 0.6 is 0 Å². The molecule has 0 bridgehead atoms. The normalized spacial score (nSPS) is 9.00. The van der Waals surface area contributed by atoms with Crippen LogP contribution in [0.5, 0.6) is 11.5 Å². The summed E-state index contributed by atoms with van der Waals surface area (Å²) in [6.45, 7) is 6.50. The summed E-state index contributed by atoms with van der Waals surface area (Å²) in [5.74, 6) is 0.681. The second-order valence-corrected chi connectivity index (χ2v) is 3.22. The lowest BCUT2D eigenvalue weighted by atomic mass is 10.3. The van der Waals surface area contributed by atoms with E-state index in [1.165, 1.54) is 12.1 Å². The van der Waals surface area contributed by atoms with Crippen molar-refractivity contribution in [3.05, 3.63) is 24.3 Å². The first-order valence-corrected chi connectivity index (χ1v) is 4.01. The molecule has 0 aliphatic rings. The maximum Gasteiger partial charge on any atom is 0.157 e. The number of hydrogen-bond donors (Lipinski definition) is 2. The first-order chi connectivity index (χ1) is 5.54. The Bertz CT molecular complexity index is 195. The standard InChI is InChI=1S/C6H6O2.C4H10/c7-5-3-1-2-4-6(5)8;1-4(2)3/h1-4,7-8H;4H,1-3H3. The second-order valence-electron chi connectivity index (χ2n) is 3.22. The van der Waals surface area contributed by atoms with Crippen molar-refractivity contribution in [1.29, 1.82) is 0 Å². The molecule has 0 heterocycles. The predicted molar refractivity (Wildman–Crippen MR) is 50.3 cm³/mol. The smallest absolute Gasteiger partial charge is 0.157 e. The van der Waals surface area contributed by atoms with E-state index in [1.54, 1.807) is 12.1 Å². The average Bonchev–Trinajstić information content (AvgIpc) is 1.94. The summed E-state index contributed by atoms with van der Waals surface area (Å²) < 4.78 is 0. The van der Waals surface area contributed by atoms with Gasteiger partial charge >= 0.3 is 0 Å². The zero-order valence-corrected chi connectivity index (χ0v) is 7.78. The molecule has 12 heavy (non-hydrogen) atoms. The summed E-state index contributed by atoms with van der Waals surface area (Å²) in [7, 11) is 0. The Balaban J connectivity index is 0.000000261. The monoisotopic (exact) mass is 168 g/mol. The van der Waals surface area contributed by atoms with Gasteiger partial charge < -0.3 is 10.2 Å². The molecule has 0 fully saturated rings. The SMILES string of the molecule is CC(C)C.Oc1ccccc1O. The number of hydrogen-bond acceptors (Lipinski definition) is 2. The van der Waals surface area contributed by atoms with Gasteiger partial charge in [-0.3, -0.25) is 0 Å². The fourth-order valence-electron chi connectivity index (χ4n) is 0.464. The van der Waals surface area contributed by atoms with Gasteiger partial charge in [-0.2, -0.15) is 0 Å². The van der Waals surface area contributed by atoms with Gasteiger partial charge in [0.25, 0.3) is 0 Å². The lowest BCUT2D eigenvalue weighted by Gasteiger charge is -1.91. The molecule has 0 atom stereocenters. The molecule has 0 saturated carbocycles. The van der Waals surface area contributed by atoms with E-state index in [0.29, 0.717) is 0 Å². The molecule has 1 aromatic carbocycles. The van der Waals surface area contributed by atoms with Crippen LogP contribution in [-0.4, -0.2) is 10.2 Å². The first kappa shape index (κ1) is 10.8. The van der Waals surface area contributed by atoms with E-state index in [0.717, 1.165) is 5.92 Å². The third-order valence-electron chi connectivity index (χ3n) is 0.882. The zero-order valence-electron chi connectivity index (χ0n) is 7.78. The topological polar surface area (TPSA) is 40.5 Å². The maximum atomic E-state index is 8.67. The van der Waals surface area contributed by atoms with E-state index in [9.17, 15) is 0 Å². The lowest BCUT2D eigenvalue weighted by molar-refractivity contribution is 0.404. The summed E-state index contributed by atoms with van der Waals surface area (Å²) in [4.78, 5) is 0. The largest absolute Gasteiger partial charge is 0.504 e. The number of phenolic OH excluding ortho intramolecular Hbond substituents is 2. The molecular weight excluding hydrogens is 152 g/mol. The fourth-order valence-corrected chi connectivity index (χ4v) is 0.464. The fraction of sp³-hybridized carbons (Fsp3) is 0.400. The van der Waals surface area contributed by atoms with Crippen molar-refractivity contribution in [2.75, 3.05) is 0 Å². The molecule has 1 rings (SSSR count). The van der Waals surface area contributed by atoms with Gasteiger partial charge in [-0.05, 0) is 18.1 Å². The Morgan fingerprint density at radius 1 is 0.917 bits per heavy atom. The maximum absolute atomic E-state index is 8.67. The summed E-state index contributed by atoms with van der Waals surface area (Å²) in [6.07, 6.45) is 0. The number of phenols is 2. The minimum absolute atomic E-state index is 0.0764. The highest BCUT2D eigenvalue weighted by atomic mass is 16.3. The molecule has 2 heteroatoms. The van der Waals surface area contributed by atoms with E-state index < -0.39 is 0 Å².